The van der Waals surface area contributed by atoms with Crippen molar-refractivity contribution in [2.24, 2.45) is 5.73 Å². The maximum atomic E-state index is 14.1. The highest BCUT2D eigenvalue weighted by molar-refractivity contribution is 6.31. The van der Waals surface area contributed by atoms with E-state index in [1.54, 1.807) is 0 Å². The first kappa shape index (κ1) is 21.5. The number of hydrogen-bond donors (Lipinski definition) is 1. The lowest BCUT2D eigenvalue weighted by atomic mass is 10.1. The molecule has 3 rings (SSSR count). The second-order valence-corrected chi connectivity index (χ2v) is 6.20. The summed E-state index contributed by atoms with van der Waals surface area (Å²) < 4.78 is 75.8. The van der Waals surface area contributed by atoms with E-state index in [2.05, 4.69) is 9.97 Å². The van der Waals surface area contributed by atoms with Gasteiger partial charge in [0.25, 0.3) is 5.91 Å². The highest BCUT2D eigenvalue weighted by Crippen LogP contribution is 2.32. The van der Waals surface area contributed by atoms with Gasteiger partial charge in [-0.15, -0.1) is 0 Å². The Balaban J connectivity index is 1.70. The van der Waals surface area contributed by atoms with Crippen molar-refractivity contribution >= 4 is 17.5 Å². The molecular weight excluding hydrogens is 437 g/mol. The van der Waals surface area contributed by atoms with Crippen LogP contribution in [0, 0.1) is 11.6 Å². The number of halogens is 6. The second kappa shape index (κ2) is 8.27. The van der Waals surface area contributed by atoms with E-state index in [4.69, 9.17) is 26.5 Å². The standard InChI is InChI=1S/C18H11ClF5N3O3/c19-16-15(10-3-1-8(7-26-10)18(22,23)24)27-12(30-16)5-6-29-11-4-2-9(20)13(14(11)21)17(25)28/h1-4,7H,5-6H2,(H2,25,28). The third-order valence-electron chi connectivity index (χ3n) is 3.84. The van der Waals surface area contributed by atoms with Crippen LogP contribution in [0.4, 0.5) is 22.0 Å². The van der Waals surface area contributed by atoms with Crippen LogP contribution in [-0.4, -0.2) is 22.5 Å². The number of primary amides is 1. The Bertz CT molecular complexity index is 1080. The Morgan fingerprint density at radius 3 is 2.53 bits per heavy atom. The van der Waals surface area contributed by atoms with Crippen molar-refractivity contribution in [1.29, 1.82) is 0 Å². The maximum Gasteiger partial charge on any atom is 0.417 e. The van der Waals surface area contributed by atoms with Gasteiger partial charge in [0.1, 0.15) is 17.1 Å². The molecule has 2 N–H and O–H groups in total. The number of hydrogen-bond acceptors (Lipinski definition) is 5. The second-order valence-electron chi connectivity index (χ2n) is 5.86. The van der Waals surface area contributed by atoms with Gasteiger partial charge in [0, 0.05) is 6.20 Å². The van der Waals surface area contributed by atoms with E-state index < -0.39 is 40.6 Å². The average Bonchev–Trinajstić information content (AvgIpc) is 3.03. The topological polar surface area (TPSA) is 91.2 Å². The predicted octanol–water partition coefficient (Wildman–Crippen LogP) is 4.41. The van der Waals surface area contributed by atoms with E-state index >= 15 is 0 Å². The van der Waals surface area contributed by atoms with Crippen LogP contribution >= 0.6 is 11.6 Å². The summed E-state index contributed by atoms with van der Waals surface area (Å²) in [5.41, 5.74) is 3.14. The molecule has 0 atom stereocenters. The minimum Gasteiger partial charge on any atom is -0.490 e. The zero-order chi connectivity index (χ0) is 22.1. The van der Waals surface area contributed by atoms with E-state index in [9.17, 15) is 26.7 Å². The Hall–Kier alpha value is -3.21. The first-order valence-electron chi connectivity index (χ1n) is 8.17. The van der Waals surface area contributed by atoms with Gasteiger partial charge in [-0.3, -0.25) is 9.78 Å². The molecule has 0 radical (unpaired) electrons. The lowest BCUT2D eigenvalue weighted by molar-refractivity contribution is -0.137. The molecule has 12 heteroatoms. The number of ether oxygens (including phenoxy) is 1. The summed E-state index contributed by atoms with van der Waals surface area (Å²) in [7, 11) is 0. The van der Waals surface area contributed by atoms with E-state index in [1.807, 2.05) is 0 Å². The molecule has 2 heterocycles. The largest absolute Gasteiger partial charge is 0.490 e. The Morgan fingerprint density at radius 2 is 1.93 bits per heavy atom. The number of benzene rings is 1. The van der Waals surface area contributed by atoms with Crippen molar-refractivity contribution in [2.75, 3.05) is 6.61 Å². The van der Waals surface area contributed by atoms with Crippen LogP contribution in [-0.2, 0) is 12.6 Å². The Labute approximate surface area is 170 Å². The van der Waals surface area contributed by atoms with Gasteiger partial charge in [-0.2, -0.15) is 13.2 Å². The van der Waals surface area contributed by atoms with Crippen LogP contribution in [0.2, 0.25) is 5.22 Å². The molecule has 1 aromatic carbocycles. The summed E-state index contributed by atoms with van der Waals surface area (Å²) >= 11 is 5.92. The van der Waals surface area contributed by atoms with Crippen molar-refractivity contribution in [1.82, 2.24) is 9.97 Å². The molecule has 2 aromatic heterocycles. The van der Waals surface area contributed by atoms with Crippen LogP contribution < -0.4 is 10.5 Å². The van der Waals surface area contributed by atoms with E-state index in [-0.39, 0.29) is 35.5 Å². The summed E-state index contributed by atoms with van der Waals surface area (Å²) in [6.45, 7) is -0.197. The Kier molecular flexibility index (Phi) is 5.92. The molecule has 0 aliphatic heterocycles. The molecule has 0 aliphatic rings. The minimum atomic E-state index is -4.54. The number of rotatable bonds is 6. The molecule has 0 saturated carbocycles. The molecule has 0 saturated heterocycles. The summed E-state index contributed by atoms with van der Waals surface area (Å²) in [4.78, 5) is 18.8. The zero-order valence-electron chi connectivity index (χ0n) is 14.8. The minimum absolute atomic E-state index is 0.0179. The lowest BCUT2D eigenvalue weighted by Gasteiger charge is -2.08. The van der Waals surface area contributed by atoms with Gasteiger partial charge in [0.2, 0.25) is 5.22 Å². The molecule has 158 valence electrons. The number of amides is 1. The summed E-state index contributed by atoms with van der Waals surface area (Å²) in [6, 6.07) is 3.72. The number of nitrogens with two attached hydrogens (primary N) is 1. The van der Waals surface area contributed by atoms with Crippen molar-refractivity contribution < 1.29 is 35.9 Å². The fourth-order valence-electron chi connectivity index (χ4n) is 2.43. The number of pyridine rings is 1. The molecule has 0 bridgehead atoms. The monoisotopic (exact) mass is 447 g/mol. The quantitative estimate of drug-likeness (QED) is 0.565. The lowest BCUT2D eigenvalue weighted by Crippen LogP contribution is -2.16. The molecule has 3 aromatic rings. The SMILES string of the molecule is NC(=O)c1c(F)ccc(OCCc2nc(-c3ccc(C(F)(F)F)cn3)c(Cl)o2)c1F. The fourth-order valence-corrected chi connectivity index (χ4v) is 2.66. The van der Waals surface area contributed by atoms with Gasteiger partial charge in [0.15, 0.2) is 17.5 Å². The summed E-state index contributed by atoms with van der Waals surface area (Å²) in [6.07, 6.45) is -3.93. The summed E-state index contributed by atoms with van der Waals surface area (Å²) in [5, 5.41) is -0.207. The van der Waals surface area contributed by atoms with Crippen molar-refractivity contribution in [3.63, 3.8) is 0 Å². The normalized spacial score (nSPS) is 11.5. The predicted molar refractivity (Wildman–Crippen MR) is 93.8 cm³/mol. The van der Waals surface area contributed by atoms with Crippen molar-refractivity contribution in [2.45, 2.75) is 12.6 Å². The molecule has 0 spiro atoms. The van der Waals surface area contributed by atoms with Crippen LogP contribution in [0.5, 0.6) is 5.75 Å². The van der Waals surface area contributed by atoms with Crippen LogP contribution in [0.15, 0.2) is 34.9 Å². The van der Waals surface area contributed by atoms with Gasteiger partial charge in [-0.25, -0.2) is 13.8 Å². The maximum absolute atomic E-state index is 14.1. The van der Waals surface area contributed by atoms with Gasteiger partial charge in [0.05, 0.1) is 24.3 Å². The highest BCUT2D eigenvalue weighted by Gasteiger charge is 2.31. The third-order valence-corrected chi connectivity index (χ3v) is 4.10. The average molecular weight is 448 g/mol. The molecule has 30 heavy (non-hydrogen) atoms. The molecular formula is C18H11ClF5N3O3. The third kappa shape index (κ3) is 4.51. The van der Waals surface area contributed by atoms with Gasteiger partial charge in [-0.1, -0.05) is 0 Å². The van der Waals surface area contributed by atoms with Gasteiger partial charge in [-0.05, 0) is 35.9 Å². The molecule has 1 amide bonds. The molecule has 6 nitrogen and oxygen atoms in total. The van der Waals surface area contributed by atoms with Crippen molar-refractivity contribution in [3.05, 3.63) is 64.3 Å². The number of aromatic nitrogens is 2. The number of carbonyl (C=O) groups is 1. The Morgan fingerprint density at radius 1 is 1.20 bits per heavy atom. The number of nitrogens with zero attached hydrogens (tertiary/aromatic N) is 2. The molecule has 0 fully saturated rings. The molecule has 0 unspecified atom stereocenters. The highest BCUT2D eigenvalue weighted by atomic mass is 35.5. The van der Waals surface area contributed by atoms with Gasteiger partial charge < -0.3 is 14.9 Å². The van der Waals surface area contributed by atoms with E-state index in [0.29, 0.717) is 6.20 Å². The zero-order valence-corrected chi connectivity index (χ0v) is 15.5. The van der Waals surface area contributed by atoms with Crippen LogP contribution in [0.25, 0.3) is 11.4 Å². The first-order valence-corrected chi connectivity index (χ1v) is 8.55. The van der Waals surface area contributed by atoms with E-state index in [0.717, 1.165) is 24.3 Å². The van der Waals surface area contributed by atoms with Gasteiger partial charge >= 0.3 is 6.18 Å². The molecule has 0 aliphatic carbocycles. The fraction of sp³-hybridized carbons (Fsp3) is 0.167. The van der Waals surface area contributed by atoms with E-state index in [1.165, 1.54) is 0 Å². The van der Waals surface area contributed by atoms with Crippen LogP contribution in [0.1, 0.15) is 21.8 Å². The number of oxazole rings is 1. The number of alkyl halides is 3. The summed E-state index contributed by atoms with van der Waals surface area (Å²) in [5.74, 6) is -4.03. The van der Waals surface area contributed by atoms with Crippen LogP contribution in [0.3, 0.4) is 0 Å². The number of carbonyl (C=O) groups excluding carboxylic acids is 1. The first-order chi connectivity index (χ1) is 14.1. The van der Waals surface area contributed by atoms with Crippen molar-refractivity contribution in [3.8, 4) is 17.1 Å². The smallest absolute Gasteiger partial charge is 0.417 e.